The lowest BCUT2D eigenvalue weighted by Crippen LogP contribution is -2.93. The molecule has 0 saturated carbocycles. The summed E-state index contributed by atoms with van der Waals surface area (Å²) in [6, 6.07) is 15.3. The van der Waals surface area contributed by atoms with Crippen LogP contribution in [0, 0.1) is 5.92 Å². The van der Waals surface area contributed by atoms with Crippen LogP contribution in [0.3, 0.4) is 0 Å². The largest absolute Gasteiger partial charge is 0.339 e. The van der Waals surface area contributed by atoms with Crippen molar-refractivity contribution in [3.63, 3.8) is 0 Å². The number of quaternary nitrogens is 1. The van der Waals surface area contributed by atoms with Gasteiger partial charge in [0.1, 0.15) is 12.6 Å². The second kappa shape index (κ2) is 9.02. The lowest BCUT2D eigenvalue weighted by Gasteiger charge is -2.26. The second-order valence-electron chi connectivity index (χ2n) is 7.79. The highest BCUT2D eigenvalue weighted by molar-refractivity contribution is 5.97. The first-order chi connectivity index (χ1) is 13.5. The van der Waals surface area contributed by atoms with Gasteiger partial charge in [-0.2, -0.15) is 0 Å². The van der Waals surface area contributed by atoms with Crippen molar-refractivity contribution in [1.29, 1.82) is 0 Å². The molecule has 148 valence electrons. The van der Waals surface area contributed by atoms with Crippen LogP contribution in [-0.2, 0) is 29.0 Å². The molecule has 5 heteroatoms. The van der Waals surface area contributed by atoms with Gasteiger partial charge in [-0.25, -0.2) is 0 Å². The highest BCUT2D eigenvalue weighted by atomic mass is 16.2. The third-order valence-electron chi connectivity index (χ3n) is 5.39. The van der Waals surface area contributed by atoms with E-state index in [2.05, 4.69) is 35.0 Å². The number of carbonyl (C=O) groups excluding carboxylic acids is 2. The second-order valence-corrected chi connectivity index (χ2v) is 7.79. The van der Waals surface area contributed by atoms with Crippen molar-refractivity contribution in [2.45, 2.75) is 52.2 Å². The van der Waals surface area contributed by atoms with Gasteiger partial charge in [0.15, 0.2) is 6.04 Å². The van der Waals surface area contributed by atoms with Crippen molar-refractivity contribution in [1.82, 2.24) is 5.32 Å². The highest BCUT2D eigenvalue weighted by Gasteiger charge is 2.32. The van der Waals surface area contributed by atoms with Crippen molar-refractivity contribution in [3.05, 3.63) is 65.2 Å². The number of fused-ring (bicyclic) bond motifs is 1. The number of hydrogen-bond acceptors (Lipinski definition) is 2. The summed E-state index contributed by atoms with van der Waals surface area (Å²) in [5.41, 5.74) is 4.46. The van der Waals surface area contributed by atoms with Gasteiger partial charge in [-0.3, -0.25) is 9.59 Å². The zero-order valence-corrected chi connectivity index (χ0v) is 16.9. The number of carbonyl (C=O) groups is 2. The van der Waals surface area contributed by atoms with Crippen LogP contribution >= 0.6 is 0 Å². The van der Waals surface area contributed by atoms with E-state index in [1.807, 2.05) is 50.2 Å². The molecule has 4 N–H and O–H groups in total. The molecule has 0 radical (unpaired) electrons. The Balaban J connectivity index is 1.63. The highest BCUT2D eigenvalue weighted by Crippen LogP contribution is 2.14. The van der Waals surface area contributed by atoms with E-state index in [0.717, 1.165) is 18.7 Å². The molecule has 3 rings (SSSR count). The molecule has 2 atom stereocenters. The van der Waals surface area contributed by atoms with Crippen LogP contribution in [0.15, 0.2) is 48.5 Å². The van der Waals surface area contributed by atoms with E-state index < -0.39 is 6.04 Å². The first-order valence-corrected chi connectivity index (χ1v) is 10.1. The molecule has 0 unspecified atom stereocenters. The summed E-state index contributed by atoms with van der Waals surface area (Å²) < 4.78 is 0. The number of benzene rings is 2. The maximum atomic E-state index is 12.8. The third-order valence-corrected chi connectivity index (χ3v) is 5.39. The molecule has 2 aromatic rings. The standard InChI is InChI=1S/C23H29N3O2/c1-4-16-9-11-19(12-10-16)25-23(28)21(15(2)3)26-22(27)20-13-17-7-5-6-8-18(17)14-24-20/h5-12,15,20-21,24H,4,13-14H2,1-3H3,(H,25,28)(H,26,27)/p+1/t20-,21+/m0/s1. The molecule has 0 spiro atoms. The Kier molecular flexibility index (Phi) is 6.47. The molecule has 0 saturated heterocycles. The van der Waals surface area contributed by atoms with Gasteiger partial charge < -0.3 is 16.0 Å². The number of rotatable bonds is 6. The fourth-order valence-corrected chi connectivity index (χ4v) is 3.58. The van der Waals surface area contributed by atoms with Crippen LogP contribution in [-0.4, -0.2) is 23.9 Å². The summed E-state index contributed by atoms with van der Waals surface area (Å²) in [6.07, 6.45) is 1.65. The smallest absolute Gasteiger partial charge is 0.279 e. The Labute approximate surface area is 166 Å². The lowest BCUT2D eigenvalue weighted by atomic mass is 9.94. The molecule has 0 aliphatic carbocycles. The van der Waals surface area contributed by atoms with Crippen molar-refractivity contribution in [2.24, 2.45) is 5.92 Å². The Morgan fingerprint density at radius 1 is 1.07 bits per heavy atom. The molecule has 5 nitrogen and oxygen atoms in total. The van der Waals surface area contributed by atoms with Crippen LogP contribution in [0.4, 0.5) is 5.69 Å². The Bertz CT molecular complexity index is 830. The molecule has 28 heavy (non-hydrogen) atoms. The topological polar surface area (TPSA) is 74.8 Å². The Morgan fingerprint density at radius 2 is 1.75 bits per heavy atom. The zero-order valence-electron chi connectivity index (χ0n) is 16.9. The Morgan fingerprint density at radius 3 is 2.39 bits per heavy atom. The van der Waals surface area contributed by atoms with Gasteiger partial charge in [-0.15, -0.1) is 0 Å². The normalized spacial score (nSPS) is 16.9. The summed E-state index contributed by atoms with van der Waals surface area (Å²) in [5.74, 6) is -0.261. The van der Waals surface area contributed by atoms with Gasteiger partial charge in [-0.05, 0) is 35.6 Å². The number of nitrogens with one attached hydrogen (secondary N) is 2. The fraction of sp³-hybridized carbons (Fsp3) is 0.391. The minimum Gasteiger partial charge on any atom is -0.339 e. The Hall–Kier alpha value is -2.66. The molecule has 1 aliphatic heterocycles. The first kappa shape index (κ1) is 20.1. The van der Waals surface area contributed by atoms with E-state index in [9.17, 15) is 9.59 Å². The summed E-state index contributed by atoms with van der Waals surface area (Å²) in [7, 11) is 0. The molecule has 1 aliphatic rings. The van der Waals surface area contributed by atoms with Gasteiger partial charge in [0.05, 0.1) is 0 Å². The SMILES string of the molecule is CCc1ccc(NC(=O)[C@H](NC(=O)[C@@H]2Cc3ccccc3C[NH2+]2)C(C)C)cc1. The van der Waals surface area contributed by atoms with Crippen LogP contribution < -0.4 is 16.0 Å². The zero-order chi connectivity index (χ0) is 20.1. The van der Waals surface area contributed by atoms with Crippen LogP contribution in [0.2, 0.25) is 0 Å². The monoisotopic (exact) mass is 380 g/mol. The number of aryl methyl sites for hydroxylation is 1. The molecule has 0 fully saturated rings. The maximum Gasteiger partial charge on any atom is 0.279 e. The van der Waals surface area contributed by atoms with Gasteiger partial charge in [0.2, 0.25) is 5.91 Å². The predicted octanol–water partition coefficient (Wildman–Crippen LogP) is 2.02. The summed E-state index contributed by atoms with van der Waals surface area (Å²) >= 11 is 0. The van der Waals surface area contributed by atoms with Gasteiger partial charge >= 0.3 is 0 Å². The molecule has 1 heterocycles. The minimum absolute atomic E-state index is 0.00487. The van der Waals surface area contributed by atoms with Crippen LogP contribution in [0.5, 0.6) is 0 Å². The van der Waals surface area contributed by atoms with E-state index in [0.29, 0.717) is 6.42 Å². The third kappa shape index (κ3) is 4.78. The number of hydrogen-bond donors (Lipinski definition) is 3. The van der Waals surface area contributed by atoms with Crippen LogP contribution in [0.1, 0.15) is 37.5 Å². The van der Waals surface area contributed by atoms with Crippen LogP contribution in [0.25, 0.3) is 0 Å². The first-order valence-electron chi connectivity index (χ1n) is 10.1. The predicted molar refractivity (Wildman–Crippen MR) is 111 cm³/mol. The molecule has 2 amide bonds. The van der Waals surface area contributed by atoms with E-state index in [1.54, 1.807) is 0 Å². The quantitative estimate of drug-likeness (QED) is 0.717. The summed E-state index contributed by atoms with van der Waals surface area (Å²) in [4.78, 5) is 25.6. The van der Waals surface area contributed by atoms with E-state index in [-0.39, 0.29) is 23.8 Å². The summed E-state index contributed by atoms with van der Waals surface area (Å²) in [6.45, 7) is 6.78. The van der Waals surface area contributed by atoms with Crippen molar-refractivity contribution >= 4 is 17.5 Å². The van der Waals surface area contributed by atoms with E-state index in [4.69, 9.17) is 0 Å². The number of nitrogens with two attached hydrogens (primary N) is 1. The van der Waals surface area contributed by atoms with Gasteiger partial charge in [0, 0.05) is 17.7 Å². The number of amides is 2. The molecular formula is C23H30N3O2+. The average Bonchev–Trinajstić information content (AvgIpc) is 2.71. The van der Waals surface area contributed by atoms with Gasteiger partial charge in [0.25, 0.3) is 5.91 Å². The lowest BCUT2D eigenvalue weighted by molar-refractivity contribution is -0.695. The van der Waals surface area contributed by atoms with E-state index >= 15 is 0 Å². The molecule has 0 aromatic heterocycles. The van der Waals surface area contributed by atoms with E-state index in [1.165, 1.54) is 16.7 Å². The fourth-order valence-electron chi connectivity index (χ4n) is 3.58. The van der Waals surface area contributed by atoms with Gasteiger partial charge in [-0.1, -0.05) is 57.2 Å². The minimum atomic E-state index is -0.566. The summed E-state index contributed by atoms with van der Waals surface area (Å²) in [5, 5.41) is 7.96. The molecular weight excluding hydrogens is 350 g/mol. The number of anilines is 1. The molecule has 2 aromatic carbocycles. The average molecular weight is 381 g/mol. The molecule has 0 bridgehead atoms. The van der Waals surface area contributed by atoms with Crippen molar-refractivity contribution < 1.29 is 14.9 Å². The van der Waals surface area contributed by atoms with Crippen molar-refractivity contribution in [3.8, 4) is 0 Å². The maximum absolute atomic E-state index is 12.8. The van der Waals surface area contributed by atoms with Crippen molar-refractivity contribution in [2.75, 3.05) is 5.32 Å².